The summed E-state index contributed by atoms with van der Waals surface area (Å²) < 4.78 is 0. The van der Waals surface area contributed by atoms with Crippen LogP contribution in [0.5, 0.6) is 0 Å². The van der Waals surface area contributed by atoms with Crippen LogP contribution in [-0.2, 0) is 11.2 Å². The second-order valence-corrected chi connectivity index (χ2v) is 4.34. The van der Waals surface area contributed by atoms with Crippen LogP contribution >= 0.6 is 0 Å². The summed E-state index contributed by atoms with van der Waals surface area (Å²) in [6, 6.07) is 9.67. The van der Waals surface area contributed by atoms with Gasteiger partial charge in [-0.2, -0.15) is 0 Å². The number of nitrogens with one attached hydrogen (secondary N) is 3. The van der Waals surface area contributed by atoms with Crippen molar-refractivity contribution in [2.45, 2.75) is 18.9 Å². The van der Waals surface area contributed by atoms with Gasteiger partial charge in [0.05, 0.1) is 6.04 Å². The number of rotatable bonds is 4. The standard InChI is InChI=1S/C13H17N3O2/c17-12-8-11(9-15-12)16-13(18)14-7-6-10-4-2-1-3-5-10/h1-5,11H,6-9H2,(H,15,17)(H2,14,16,18)/t11-/m1/s1. The van der Waals surface area contributed by atoms with Crippen molar-refractivity contribution in [1.82, 2.24) is 16.0 Å². The zero-order valence-electron chi connectivity index (χ0n) is 10.1. The third-order valence-electron chi connectivity index (χ3n) is 2.85. The van der Waals surface area contributed by atoms with E-state index >= 15 is 0 Å². The molecule has 0 unspecified atom stereocenters. The topological polar surface area (TPSA) is 70.2 Å². The van der Waals surface area contributed by atoms with Crippen LogP contribution in [0.3, 0.4) is 0 Å². The van der Waals surface area contributed by atoms with E-state index in [1.54, 1.807) is 0 Å². The minimum Gasteiger partial charge on any atom is -0.354 e. The molecular weight excluding hydrogens is 230 g/mol. The molecule has 1 aliphatic heterocycles. The third kappa shape index (κ3) is 3.76. The van der Waals surface area contributed by atoms with E-state index in [0.717, 1.165) is 6.42 Å². The molecule has 2 rings (SSSR count). The summed E-state index contributed by atoms with van der Waals surface area (Å²) in [7, 11) is 0. The highest BCUT2D eigenvalue weighted by atomic mass is 16.2. The second kappa shape index (κ2) is 6.05. The van der Waals surface area contributed by atoms with Gasteiger partial charge in [0.1, 0.15) is 0 Å². The van der Waals surface area contributed by atoms with Gasteiger partial charge in [0.2, 0.25) is 5.91 Å². The molecule has 1 aromatic carbocycles. The summed E-state index contributed by atoms with van der Waals surface area (Å²) in [5.41, 5.74) is 1.19. The van der Waals surface area contributed by atoms with E-state index in [2.05, 4.69) is 16.0 Å². The monoisotopic (exact) mass is 247 g/mol. The first-order valence-corrected chi connectivity index (χ1v) is 6.09. The molecule has 0 aliphatic carbocycles. The Morgan fingerprint density at radius 2 is 2.11 bits per heavy atom. The first-order chi connectivity index (χ1) is 8.74. The largest absolute Gasteiger partial charge is 0.354 e. The minimum absolute atomic E-state index is 0.00964. The Bertz CT molecular complexity index is 420. The summed E-state index contributed by atoms with van der Waals surface area (Å²) in [6.07, 6.45) is 1.17. The number of benzene rings is 1. The molecule has 0 saturated carbocycles. The first-order valence-electron chi connectivity index (χ1n) is 6.09. The van der Waals surface area contributed by atoms with Crippen molar-refractivity contribution < 1.29 is 9.59 Å². The highest BCUT2D eigenvalue weighted by molar-refractivity contribution is 5.81. The maximum Gasteiger partial charge on any atom is 0.315 e. The van der Waals surface area contributed by atoms with Crippen molar-refractivity contribution in [1.29, 1.82) is 0 Å². The molecule has 5 heteroatoms. The van der Waals surface area contributed by atoms with Crippen LogP contribution in [0.25, 0.3) is 0 Å². The zero-order valence-corrected chi connectivity index (χ0v) is 10.1. The molecule has 1 atom stereocenters. The molecule has 1 aliphatic rings. The van der Waals surface area contributed by atoms with Crippen LogP contribution < -0.4 is 16.0 Å². The quantitative estimate of drug-likeness (QED) is 0.721. The fourth-order valence-electron chi connectivity index (χ4n) is 1.91. The Hall–Kier alpha value is -2.04. The minimum atomic E-state index is -0.215. The molecule has 0 bridgehead atoms. The summed E-state index contributed by atoms with van der Waals surface area (Å²) in [6.45, 7) is 1.11. The number of carbonyl (C=O) groups is 2. The fraction of sp³-hybridized carbons (Fsp3) is 0.385. The lowest BCUT2D eigenvalue weighted by Crippen LogP contribution is -2.43. The Balaban J connectivity index is 1.64. The van der Waals surface area contributed by atoms with Crippen LogP contribution in [0, 0.1) is 0 Å². The van der Waals surface area contributed by atoms with Gasteiger partial charge in [-0.05, 0) is 12.0 Å². The highest BCUT2D eigenvalue weighted by Crippen LogP contribution is 1.99. The molecule has 3 N–H and O–H groups in total. The Kier molecular flexibility index (Phi) is 4.17. The lowest BCUT2D eigenvalue weighted by atomic mass is 10.1. The number of hydrogen-bond donors (Lipinski definition) is 3. The molecule has 3 amide bonds. The van der Waals surface area contributed by atoms with E-state index in [1.807, 2.05) is 30.3 Å². The zero-order chi connectivity index (χ0) is 12.8. The Morgan fingerprint density at radius 1 is 1.33 bits per heavy atom. The Morgan fingerprint density at radius 3 is 2.78 bits per heavy atom. The summed E-state index contributed by atoms with van der Waals surface area (Å²) >= 11 is 0. The molecule has 1 saturated heterocycles. The van der Waals surface area contributed by atoms with Crippen molar-refractivity contribution in [3.63, 3.8) is 0 Å². The summed E-state index contributed by atoms with van der Waals surface area (Å²) in [4.78, 5) is 22.5. The lowest BCUT2D eigenvalue weighted by Gasteiger charge is -2.11. The molecule has 1 aromatic rings. The second-order valence-electron chi connectivity index (χ2n) is 4.34. The van der Waals surface area contributed by atoms with Gasteiger partial charge >= 0.3 is 6.03 Å². The molecule has 5 nitrogen and oxygen atoms in total. The maximum atomic E-state index is 11.5. The first kappa shape index (κ1) is 12.4. The van der Waals surface area contributed by atoms with Gasteiger partial charge in [0.15, 0.2) is 0 Å². The van der Waals surface area contributed by atoms with Crippen LogP contribution in [0.1, 0.15) is 12.0 Å². The van der Waals surface area contributed by atoms with E-state index in [4.69, 9.17) is 0 Å². The molecular formula is C13H17N3O2. The molecule has 18 heavy (non-hydrogen) atoms. The SMILES string of the molecule is O=C1C[C@@H](NC(=O)NCCc2ccccc2)CN1. The Labute approximate surface area is 106 Å². The van der Waals surface area contributed by atoms with Crippen LogP contribution in [-0.4, -0.2) is 31.1 Å². The molecule has 0 aromatic heterocycles. The molecule has 1 fully saturated rings. The van der Waals surface area contributed by atoms with E-state index in [0.29, 0.717) is 19.5 Å². The van der Waals surface area contributed by atoms with Crippen LogP contribution in [0.2, 0.25) is 0 Å². The highest BCUT2D eigenvalue weighted by Gasteiger charge is 2.22. The van der Waals surface area contributed by atoms with Crippen molar-refractivity contribution in [3.8, 4) is 0 Å². The average Bonchev–Trinajstić information content (AvgIpc) is 2.76. The van der Waals surface area contributed by atoms with Gasteiger partial charge in [-0.1, -0.05) is 30.3 Å². The van der Waals surface area contributed by atoms with Crippen LogP contribution in [0.4, 0.5) is 4.79 Å². The van der Waals surface area contributed by atoms with E-state index < -0.39 is 0 Å². The molecule has 0 radical (unpaired) electrons. The number of carbonyl (C=O) groups excluding carboxylic acids is 2. The van der Waals surface area contributed by atoms with Crippen molar-refractivity contribution in [2.24, 2.45) is 0 Å². The van der Waals surface area contributed by atoms with Gasteiger partial charge in [-0.15, -0.1) is 0 Å². The summed E-state index contributed by atoms with van der Waals surface area (Å²) in [5.74, 6) is -0.00964. The van der Waals surface area contributed by atoms with Crippen LogP contribution in [0.15, 0.2) is 30.3 Å². The van der Waals surface area contributed by atoms with Gasteiger partial charge in [-0.25, -0.2) is 4.79 Å². The number of hydrogen-bond acceptors (Lipinski definition) is 2. The maximum absolute atomic E-state index is 11.5. The van der Waals surface area contributed by atoms with Gasteiger partial charge in [-0.3, -0.25) is 4.79 Å². The van der Waals surface area contributed by atoms with E-state index in [-0.39, 0.29) is 18.0 Å². The van der Waals surface area contributed by atoms with E-state index in [1.165, 1.54) is 5.56 Å². The van der Waals surface area contributed by atoms with Gasteiger partial charge < -0.3 is 16.0 Å². The van der Waals surface area contributed by atoms with Crippen molar-refractivity contribution in [3.05, 3.63) is 35.9 Å². The van der Waals surface area contributed by atoms with Gasteiger partial charge in [0, 0.05) is 19.5 Å². The number of amides is 3. The third-order valence-corrected chi connectivity index (χ3v) is 2.85. The average molecular weight is 247 g/mol. The predicted octanol–water partition coefficient (Wildman–Crippen LogP) is 0.417. The number of urea groups is 1. The predicted molar refractivity (Wildman–Crippen MR) is 68.1 cm³/mol. The summed E-state index contributed by atoms with van der Waals surface area (Å²) in [5, 5.41) is 8.22. The van der Waals surface area contributed by atoms with Gasteiger partial charge in [0.25, 0.3) is 0 Å². The van der Waals surface area contributed by atoms with Crippen molar-refractivity contribution >= 4 is 11.9 Å². The van der Waals surface area contributed by atoms with Crippen molar-refractivity contribution in [2.75, 3.05) is 13.1 Å². The lowest BCUT2D eigenvalue weighted by molar-refractivity contribution is -0.119. The van der Waals surface area contributed by atoms with E-state index in [9.17, 15) is 9.59 Å². The normalized spacial score (nSPS) is 18.2. The smallest absolute Gasteiger partial charge is 0.315 e. The molecule has 0 spiro atoms. The molecule has 1 heterocycles. The fourth-order valence-corrected chi connectivity index (χ4v) is 1.91. The molecule has 96 valence electrons.